The zero-order valence-electron chi connectivity index (χ0n) is 14.6. The molecule has 1 heterocycles. The van der Waals surface area contributed by atoms with E-state index in [1.54, 1.807) is 12.3 Å². The summed E-state index contributed by atoms with van der Waals surface area (Å²) in [4.78, 5) is 20.3. The molecule has 1 fully saturated rings. The number of hydrogen-bond acceptors (Lipinski definition) is 6. The van der Waals surface area contributed by atoms with E-state index in [1.165, 1.54) is 19.2 Å². The van der Waals surface area contributed by atoms with E-state index < -0.39 is 11.8 Å². The molecule has 1 aromatic heterocycles. The van der Waals surface area contributed by atoms with Crippen molar-refractivity contribution in [1.82, 2.24) is 9.97 Å². The lowest BCUT2D eigenvalue weighted by Crippen LogP contribution is -2.17. The molecule has 0 saturated heterocycles. The van der Waals surface area contributed by atoms with Crippen LogP contribution in [0.2, 0.25) is 0 Å². The number of anilines is 1. The Kier molecular flexibility index (Phi) is 5.46. The summed E-state index contributed by atoms with van der Waals surface area (Å²) < 4.78 is 18.7. The van der Waals surface area contributed by atoms with Crippen molar-refractivity contribution in [2.45, 2.75) is 31.6 Å². The number of ether oxygens (including phenoxy) is 1. The van der Waals surface area contributed by atoms with Gasteiger partial charge < -0.3 is 15.6 Å². The summed E-state index contributed by atoms with van der Waals surface area (Å²) >= 11 is 0. The van der Waals surface area contributed by atoms with Crippen LogP contribution in [0.1, 0.15) is 47.7 Å². The van der Waals surface area contributed by atoms with Crippen LogP contribution in [-0.2, 0) is 4.74 Å². The Balaban J connectivity index is 1.82. The molecule has 1 aromatic carbocycles. The number of aromatic nitrogens is 2. The van der Waals surface area contributed by atoms with Gasteiger partial charge in [-0.05, 0) is 43.7 Å². The van der Waals surface area contributed by atoms with Gasteiger partial charge in [0.25, 0.3) is 0 Å². The maximum Gasteiger partial charge on any atom is 0.340 e. The third-order valence-electron chi connectivity index (χ3n) is 4.99. The number of carbonyl (C=O) groups excluding carboxylic acids is 1. The van der Waals surface area contributed by atoms with Crippen molar-refractivity contribution in [2.75, 3.05) is 19.5 Å². The number of halogens is 1. The monoisotopic (exact) mass is 359 g/mol. The first-order valence-electron chi connectivity index (χ1n) is 8.65. The highest BCUT2D eigenvalue weighted by atomic mass is 19.1. The molecule has 0 amide bonds. The number of methoxy groups -OCH3 is 1. The zero-order valence-corrected chi connectivity index (χ0v) is 14.6. The van der Waals surface area contributed by atoms with Crippen LogP contribution in [0.5, 0.6) is 0 Å². The maximum absolute atomic E-state index is 14.1. The number of rotatable bonds is 4. The molecule has 0 atom stereocenters. The Morgan fingerprint density at radius 3 is 2.65 bits per heavy atom. The minimum absolute atomic E-state index is 0.139. The van der Waals surface area contributed by atoms with Crippen LogP contribution in [0.3, 0.4) is 0 Å². The van der Waals surface area contributed by atoms with E-state index in [0.29, 0.717) is 17.2 Å². The third kappa shape index (κ3) is 3.67. The van der Waals surface area contributed by atoms with Gasteiger partial charge in [0.05, 0.1) is 18.4 Å². The Morgan fingerprint density at radius 1 is 1.35 bits per heavy atom. The molecule has 138 valence electrons. The molecule has 3 rings (SSSR count). The van der Waals surface area contributed by atoms with Crippen molar-refractivity contribution in [2.24, 2.45) is 5.92 Å². The van der Waals surface area contributed by atoms with Crippen molar-refractivity contribution >= 4 is 11.8 Å². The average molecular weight is 359 g/mol. The number of nitrogens with zero attached hydrogens (tertiary/aromatic N) is 2. The number of carbonyl (C=O) groups is 1. The van der Waals surface area contributed by atoms with E-state index in [-0.39, 0.29) is 23.9 Å². The minimum Gasteiger partial charge on any atom is -0.465 e. The molecule has 6 nitrogen and oxygen atoms in total. The van der Waals surface area contributed by atoms with E-state index in [1.807, 2.05) is 0 Å². The van der Waals surface area contributed by atoms with Crippen molar-refractivity contribution in [3.8, 4) is 11.3 Å². The summed E-state index contributed by atoms with van der Waals surface area (Å²) in [6.45, 7) is 0.229. The highest BCUT2D eigenvalue weighted by molar-refractivity contribution is 5.90. The number of benzene rings is 1. The fraction of sp³-hybridized carbons (Fsp3) is 0.421. The van der Waals surface area contributed by atoms with Crippen molar-refractivity contribution in [3.05, 3.63) is 41.5 Å². The zero-order chi connectivity index (χ0) is 18.7. The van der Waals surface area contributed by atoms with Gasteiger partial charge >= 0.3 is 5.97 Å². The Morgan fingerprint density at radius 2 is 2.08 bits per heavy atom. The summed E-state index contributed by atoms with van der Waals surface area (Å²) in [5.41, 5.74) is 7.59. The van der Waals surface area contributed by atoms with Crippen LogP contribution in [0.15, 0.2) is 24.4 Å². The SMILES string of the molecule is COC(=O)c1ccc(-c2ncc(C3CCC(CO)CC3)nc2N)cc1F. The van der Waals surface area contributed by atoms with Crippen molar-refractivity contribution in [1.29, 1.82) is 0 Å². The molecule has 1 aliphatic carbocycles. The number of esters is 1. The van der Waals surface area contributed by atoms with Gasteiger partial charge in [0.1, 0.15) is 17.3 Å². The van der Waals surface area contributed by atoms with Gasteiger partial charge in [-0.15, -0.1) is 0 Å². The first kappa shape index (κ1) is 18.3. The Bertz CT molecular complexity index is 805. The molecule has 3 N–H and O–H groups in total. The van der Waals surface area contributed by atoms with E-state index in [9.17, 15) is 14.3 Å². The number of aliphatic hydroxyl groups is 1. The molecular formula is C19H22FN3O3. The predicted octanol–water partition coefficient (Wildman–Crippen LogP) is 2.92. The fourth-order valence-electron chi connectivity index (χ4n) is 3.42. The van der Waals surface area contributed by atoms with Crippen molar-refractivity contribution in [3.63, 3.8) is 0 Å². The third-order valence-corrected chi connectivity index (χ3v) is 4.99. The maximum atomic E-state index is 14.1. The first-order valence-corrected chi connectivity index (χ1v) is 8.65. The number of nitrogen functional groups attached to an aromatic ring is 1. The molecule has 7 heteroatoms. The van der Waals surface area contributed by atoms with Crippen LogP contribution < -0.4 is 5.73 Å². The van der Waals surface area contributed by atoms with Crippen LogP contribution in [-0.4, -0.2) is 34.8 Å². The fourth-order valence-corrected chi connectivity index (χ4v) is 3.42. The van der Waals surface area contributed by atoms with E-state index >= 15 is 0 Å². The quantitative estimate of drug-likeness (QED) is 0.815. The van der Waals surface area contributed by atoms with Crippen LogP contribution >= 0.6 is 0 Å². The molecule has 26 heavy (non-hydrogen) atoms. The second-order valence-corrected chi connectivity index (χ2v) is 6.62. The lowest BCUT2D eigenvalue weighted by molar-refractivity contribution is 0.0595. The Hall–Kier alpha value is -2.54. The molecule has 1 aliphatic rings. The standard InChI is InChI=1S/C19H22FN3O3/c1-26-19(25)14-7-6-13(8-15(14)20)17-18(21)23-16(9-22-17)12-4-2-11(10-24)3-5-12/h6-9,11-12,24H,2-5,10H2,1H3,(H2,21,23). The summed E-state index contributed by atoms with van der Waals surface area (Å²) in [6.07, 6.45) is 5.50. The first-order chi connectivity index (χ1) is 12.5. The van der Waals surface area contributed by atoms with Gasteiger partial charge in [-0.2, -0.15) is 0 Å². The highest BCUT2D eigenvalue weighted by Crippen LogP contribution is 2.35. The molecular weight excluding hydrogens is 337 g/mol. The van der Waals surface area contributed by atoms with Gasteiger partial charge in [0, 0.05) is 24.3 Å². The smallest absolute Gasteiger partial charge is 0.340 e. The minimum atomic E-state index is -0.734. The van der Waals surface area contributed by atoms with Gasteiger partial charge in [0.15, 0.2) is 0 Å². The molecule has 0 spiro atoms. The molecule has 1 saturated carbocycles. The number of hydrogen-bond donors (Lipinski definition) is 2. The van der Waals surface area contributed by atoms with Gasteiger partial charge in [-0.25, -0.2) is 14.2 Å². The van der Waals surface area contributed by atoms with Gasteiger partial charge in [-0.3, -0.25) is 4.98 Å². The second kappa shape index (κ2) is 7.78. The molecule has 0 radical (unpaired) electrons. The molecule has 0 unspecified atom stereocenters. The predicted molar refractivity (Wildman–Crippen MR) is 95.0 cm³/mol. The van der Waals surface area contributed by atoms with Crippen molar-refractivity contribution < 1.29 is 19.0 Å². The molecule has 0 bridgehead atoms. The number of aliphatic hydroxyl groups excluding tert-OH is 1. The lowest BCUT2D eigenvalue weighted by atomic mass is 9.81. The van der Waals surface area contributed by atoms with E-state index in [4.69, 9.17) is 5.73 Å². The van der Waals surface area contributed by atoms with E-state index in [0.717, 1.165) is 31.4 Å². The largest absolute Gasteiger partial charge is 0.465 e. The highest BCUT2D eigenvalue weighted by Gasteiger charge is 2.24. The van der Waals surface area contributed by atoms with Crippen LogP contribution in [0.25, 0.3) is 11.3 Å². The summed E-state index contributed by atoms with van der Waals surface area (Å²) in [5.74, 6) is -0.548. The normalized spacial score (nSPS) is 20.0. The van der Waals surface area contributed by atoms with Crippen LogP contribution in [0, 0.1) is 11.7 Å². The van der Waals surface area contributed by atoms with Gasteiger partial charge in [0.2, 0.25) is 0 Å². The average Bonchev–Trinajstić information content (AvgIpc) is 2.67. The topological polar surface area (TPSA) is 98.3 Å². The summed E-state index contributed by atoms with van der Waals surface area (Å²) in [5, 5.41) is 9.24. The molecule has 2 aromatic rings. The van der Waals surface area contributed by atoms with Gasteiger partial charge in [-0.1, -0.05) is 6.07 Å². The van der Waals surface area contributed by atoms with Crippen LogP contribution in [0.4, 0.5) is 10.2 Å². The molecule has 0 aliphatic heterocycles. The Labute approximate surface area is 151 Å². The summed E-state index contributed by atoms with van der Waals surface area (Å²) in [6, 6.07) is 4.13. The second-order valence-electron chi connectivity index (χ2n) is 6.62. The lowest BCUT2D eigenvalue weighted by Gasteiger charge is -2.26. The number of nitrogens with two attached hydrogens (primary N) is 1. The van der Waals surface area contributed by atoms with E-state index in [2.05, 4.69) is 14.7 Å². The summed E-state index contributed by atoms with van der Waals surface area (Å²) in [7, 11) is 1.20.